The molecule has 9 heteroatoms. The molecule has 2 aliphatic carbocycles. The van der Waals surface area contributed by atoms with Crippen molar-refractivity contribution >= 4 is 23.5 Å². The molecule has 2 saturated carbocycles. The summed E-state index contributed by atoms with van der Waals surface area (Å²) < 4.78 is 14.6. The van der Waals surface area contributed by atoms with Crippen LogP contribution in [0.1, 0.15) is 64.4 Å². The van der Waals surface area contributed by atoms with E-state index in [0.717, 1.165) is 62.2 Å². The van der Waals surface area contributed by atoms with Gasteiger partial charge in [-0.3, -0.25) is 0 Å². The summed E-state index contributed by atoms with van der Waals surface area (Å²) >= 11 is 1.59. The molecule has 0 aromatic carbocycles. The van der Waals surface area contributed by atoms with Gasteiger partial charge in [-0.1, -0.05) is 19.9 Å². The lowest BCUT2D eigenvalue weighted by Gasteiger charge is -2.42. The largest absolute Gasteiger partial charge is 0.393 e. The van der Waals surface area contributed by atoms with Crippen molar-refractivity contribution in [1.82, 2.24) is 20.3 Å². The summed E-state index contributed by atoms with van der Waals surface area (Å²) in [5, 5.41) is 20.9. The second-order valence-corrected chi connectivity index (χ2v) is 12.3. The molecular formula is C28H43FN6OS. The van der Waals surface area contributed by atoms with E-state index in [1.54, 1.807) is 18.0 Å². The van der Waals surface area contributed by atoms with Gasteiger partial charge in [-0.05, 0) is 93.5 Å². The van der Waals surface area contributed by atoms with E-state index in [9.17, 15) is 9.50 Å². The maximum absolute atomic E-state index is 14.6. The molecule has 0 amide bonds. The van der Waals surface area contributed by atoms with Gasteiger partial charge in [-0.25, -0.2) is 14.4 Å². The van der Waals surface area contributed by atoms with Gasteiger partial charge in [0.05, 0.1) is 12.3 Å². The Morgan fingerprint density at radius 2 is 1.89 bits per heavy atom. The first-order valence-corrected chi connectivity index (χ1v) is 14.9. The number of hydrogen-bond donors (Lipinski definition) is 4. The number of pyridine rings is 1. The second-order valence-electron chi connectivity index (χ2n) is 11.5. The van der Waals surface area contributed by atoms with Crippen molar-refractivity contribution in [3.05, 3.63) is 35.9 Å². The number of nitrogens with zero attached hydrogens (tertiary/aromatic N) is 3. The van der Waals surface area contributed by atoms with Crippen LogP contribution in [-0.4, -0.2) is 52.1 Å². The summed E-state index contributed by atoms with van der Waals surface area (Å²) in [5.41, 5.74) is 1.13. The van der Waals surface area contributed by atoms with Gasteiger partial charge < -0.3 is 21.1 Å². The van der Waals surface area contributed by atoms with Crippen LogP contribution >= 0.6 is 11.8 Å². The van der Waals surface area contributed by atoms with Crippen LogP contribution in [0.4, 0.5) is 16.2 Å². The van der Waals surface area contributed by atoms with Gasteiger partial charge in [0, 0.05) is 24.8 Å². The zero-order valence-corrected chi connectivity index (χ0v) is 23.3. The Morgan fingerprint density at radius 1 is 1.11 bits per heavy atom. The number of nitrogens with one attached hydrogen (secondary N) is 3. The normalized spacial score (nSPS) is 28.1. The molecule has 3 atom stereocenters. The molecule has 0 aliphatic heterocycles. The first-order chi connectivity index (χ1) is 17.8. The third-order valence-electron chi connectivity index (χ3n) is 7.95. The minimum Gasteiger partial charge on any atom is -0.393 e. The average molecular weight is 531 g/mol. The highest BCUT2D eigenvalue weighted by atomic mass is 32.2. The lowest BCUT2D eigenvalue weighted by atomic mass is 9.67. The topological polar surface area (TPSA) is 95.0 Å². The fourth-order valence-corrected chi connectivity index (χ4v) is 6.86. The first-order valence-electron chi connectivity index (χ1n) is 13.7. The third-order valence-corrected chi connectivity index (χ3v) is 8.70. The second kappa shape index (κ2) is 13.2. The van der Waals surface area contributed by atoms with E-state index in [0.29, 0.717) is 36.8 Å². The molecule has 0 bridgehead atoms. The Kier molecular flexibility index (Phi) is 10.0. The number of anilines is 2. The number of aromatic nitrogens is 3. The predicted octanol–water partition coefficient (Wildman–Crippen LogP) is 5.34. The number of aliphatic hydroxyl groups excluding tert-OH is 1. The van der Waals surface area contributed by atoms with Crippen LogP contribution in [0.2, 0.25) is 0 Å². The molecule has 4 rings (SSSR count). The minimum atomic E-state index is -0.431. The fourth-order valence-electron chi connectivity index (χ4n) is 6.29. The molecule has 7 nitrogen and oxygen atoms in total. The van der Waals surface area contributed by atoms with Gasteiger partial charge in [-0.15, -0.1) is 11.8 Å². The number of rotatable bonds is 11. The van der Waals surface area contributed by atoms with E-state index in [4.69, 9.17) is 0 Å². The van der Waals surface area contributed by atoms with Crippen LogP contribution in [0.15, 0.2) is 29.6 Å². The van der Waals surface area contributed by atoms with Crippen molar-refractivity contribution < 1.29 is 9.50 Å². The Labute approximate surface area is 225 Å². The number of halogens is 1. The van der Waals surface area contributed by atoms with Crippen molar-refractivity contribution in [3.63, 3.8) is 0 Å². The molecule has 0 saturated heterocycles. The van der Waals surface area contributed by atoms with Gasteiger partial charge in [0.15, 0.2) is 11.6 Å². The van der Waals surface area contributed by atoms with Crippen LogP contribution in [0.3, 0.4) is 0 Å². The third kappa shape index (κ3) is 8.26. The Bertz CT molecular complexity index is 1000. The quantitative estimate of drug-likeness (QED) is 0.289. The fraction of sp³-hybridized carbons (Fsp3) is 0.679. The van der Waals surface area contributed by atoms with Crippen LogP contribution in [0.25, 0.3) is 0 Å². The molecule has 0 radical (unpaired) electrons. The maximum atomic E-state index is 14.6. The monoisotopic (exact) mass is 530 g/mol. The van der Waals surface area contributed by atoms with Gasteiger partial charge in [0.25, 0.3) is 0 Å². The first kappa shape index (κ1) is 28.0. The van der Waals surface area contributed by atoms with Gasteiger partial charge in [-0.2, -0.15) is 4.98 Å². The molecule has 204 valence electrons. The van der Waals surface area contributed by atoms with Crippen molar-refractivity contribution in [3.8, 4) is 0 Å². The number of thioether (sulfide) groups is 1. The lowest BCUT2D eigenvalue weighted by molar-refractivity contribution is 0.104. The lowest BCUT2D eigenvalue weighted by Crippen LogP contribution is -2.40. The molecule has 0 spiro atoms. The highest BCUT2D eigenvalue weighted by Crippen LogP contribution is 2.42. The summed E-state index contributed by atoms with van der Waals surface area (Å²) in [6.45, 7) is 7.94. The number of hydrogen-bond acceptors (Lipinski definition) is 8. The smallest absolute Gasteiger partial charge is 0.225 e. The van der Waals surface area contributed by atoms with Crippen LogP contribution < -0.4 is 16.0 Å². The van der Waals surface area contributed by atoms with Gasteiger partial charge in [0.2, 0.25) is 5.95 Å². The van der Waals surface area contributed by atoms with Gasteiger partial charge >= 0.3 is 0 Å². The van der Waals surface area contributed by atoms with Crippen LogP contribution in [0, 0.1) is 29.0 Å². The summed E-state index contributed by atoms with van der Waals surface area (Å²) in [6, 6.07) is 3.93. The van der Waals surface area contributed by atoms with Crippen LogP contribution in [-0.2, 0) is 6.54 Å². The molecule has 2 aromatic heterocycles. The zero-order valence-electron chi connectivity index (χ0n) is 22.5. The maximum Gasteiger partial charge on any atom is 0.225 e. The van der Waals surface area contributed by atoms with E-state index in [-0.39, 0.29) is 17.3 Å². The van der Waals surface area contributed by atoms with E-state index < -0.39 is 5.82 Å². The molecule has 2 aromatic rings. The van der Waals surface area contributed by atoms with Crippen LogP contribution in [0.5, 0.6) is 0 Å². The van der Waals surface area contributed by atoms with Crippen molar-refractivity contribution in [2.45, 2.75) is 76.5 Å². The minimum absolute atomic E-state index is 0.0763. The summed E-state index contributed by atoms with van der Waals surface area (Å²) in [7, 11) is 0. The van der Waals surface area contributed by atoms with Gasteiger partial charge in [0.1, 0.15) is 5.03 Å². The summed E-state index contributed by atoms with van der Waals surface area (Å²) in [5.74, 6) is 2.16. The molecule has 1 unspecified atom stereocenters. The summed E-state index contributed by atoms with van der Waals surface area (Å²) in [6.07, 6.45) is 12.5. The molecule has 2 aliphatic rings. The average Bonchev–Trinajstić information content (AvgIpc) is 2.88. The Morgan fingerprint density at radius 3 is 2.68 bits per heavy atom. The van der Waals surface area contributed by atoms with E-state index in [1.807, 2.05) is 18.4 Å². The van der Waals surface area contributed by atoms with E-state index in [1.165, 1.54) is 12.6 Å². The SMILES string of the molecule is CSc1ncccc1CNc1ncc(F)c(NC[C@]2(C)CC(C)C[C@@H](CNC[C@H]3CC[C@H](O)CC3)C2)n1. The molecule has 37 heavy (non-hydrogen) atoms. The molecule has 4 N–H and O–H groups in total. The zero-order chi connectivity index (χ0) is 26.3. The molecule has 2 fully saturated rings. The van der Waals surface area contributed by atoms with E-state index in [2.05, 4.69) is 44.7 Å². The predicted molar refractivity (Wildman–Crippen MR) is 149 cm³/mol. The standard InChI is InChI=1S/C28H43FN6OS/c1-19-11-21(15-30-14-20-6-8-23(36)9-7-20)13-28(2,12-19)18-34-25-24(29)17-33-27(35-25)32-16-22-5-4-10-31-26(22)37-3/h4-5,10,17,19-21,23,30,36H,6-9,11-16,18H2,1-3H3,(H2,32,33,34,35)/t19?,20-,21-,23-,28-/m1/s1. The number of aliphatic hydroxyl groups is 1. The highest BCUT2D eigenvalue weighted by molar-refractivity contribution is 7.98. The van der Waals surface area contributed by atoms with E-state index >= 15 is 0 Å². The van der Waals surface area contributed by atoms with Crippen molar-refractivity contribution in [2.75, 3.05) is 36.5 Å². The highest BCUT2D eigenvalue weighted by Gasteiger charge is 2.35. The van der Waals surface area contributed by atoms with Crippen molar-refractivity contribution in [2.24, 2.45) is 23.2 Å². The Balaban J connectivity index is 1.29. The Hall–Kier alpha value is -1.97. The molecule has 2 heterocycles. The summed E-state index contributed by atoms with van der Waals surface area (Å²) in [4.78, 5) is 13.0. The molecular weight excluding hydrogens is 487 g/mol. The van der Waals surface area contributed by atoms with Crippen molar-refractivity contribution in [1.29, 1.82) is 0 Å².